The lowest BCUT2D eigenvalue weighted by Crippen LogP contribution is -2.18. The Hall–Kier alpha value is -2.00. The smallest absolute Gasteiger partial charge is 0.101 e. The zero-order valence-corrected chi connectivity index (χ0v) is 7.36. The Kier molecular flexibility index (Phi) is 2.89. The van der Waals surface area contributed by atoms with Crippen molar-refractivity contribution in [3.63, 3.8) is 0 Å². The topological polar surface area (TPSA) is 39.9 Å². The Morgan fingerprint density at radius 3 is 3.08 bits per heavy atom. The lowest BCUT2D eigenvalue weighted by Gasteiger charge is -2.16. The molecule has 1 heterocycles. The Morgan fingerprint density at radius 1 is 1.69 bits per heavy atom. The van der Waals surface area contributed by atoms with E-state index in [9.17, 15) is 0 Å². The van der Waals surface area contributed by atoms with Gasteiger partial charge in [0.2, 0.25) is 0 Å². The standard InChI is InChI=1S/C10H9N3/c1-3-6-13(2)10-8-12-5-4-9(10)7-11/h1,4-5,8H,6H2,2H3. The second kappa shape index (κ2) is 4.13. The van der Waals surface area contributed by atoms with Crippen LogP contribution in [0.15, 0.2) is 18.5 Å². The van der Waals surface area contributed by atoms with Gasteiger partial charge in [0.05, 0.1) is 24.0 Å². The van der Waals surface area contributed by atoms with E-state index in [2.05, 4.69) is 17.0 Å². The van der Waals surface area contributed by atoms with Crippen LogP contribution in [0.2, 0.25) is 0 Å². The molecule has 0 aliphatic heterocycles. The van der Waals surface area contributed by atoms with E-state index in [1.807, 2.05) is 11.9 Å². The van der Waals surface area contributed by atoms with Crippen LogP contribution in [0.4, 0.5) is 5.69 Å². The Labute approximate surface area is 77.6 Å². The van der Waals surface area contributed by atoms with Gasteiger partial charge in [0, 0.05) is 13.2 Å². The Balaban J connectivity index is 3.02. The van der Waals surface area contributed by atoms with E-state index in [0.29, 0.717) is 12.1 Å². The minimum absolute atomic E-state index is 0.473. The summed E-state index contributed by atoms with van der Waals surface area (Å²) in [6.07, 6.45) is 8.39. The summed E-state index contributed by atoms with van der Waals surface area (Å²) in [6, 6.07) is 3.75. The Morgan fingerprint density at radius 2 is 2.46 bits per heavy atom. The molecule has 0 unspecified atom stereocenters. The van der Waals surface area contributed by atoms with E-state index in [0.717, 1.165) is 5.69 Å². The molecule has 0 fully saturated rings. The van der Waals surface area contributed by atoms with Crippen LogP contribution in [0, 0.1) is 23.7 Å². The lowest BCUT2D eigenvalue weighted by molar-refractivity contribution is 1.03. The van der Waals surface area contributed by atoms with Crippen molar-refractivity contribution in [1.82, 2.24) is 4.98 Å². The van der Waals surface area contributed by atoms with Gasteiger partial charge in [-0.2, -0.15) is 5.26 Å². The third kappa shape index (κ3) is 1.98. The molecule has 3 heteroatoms. The van der Waals surface area contributed by atoms with Crippen LogP contribution < -0.4 is 4.90 Å². The van der Waals surface area contributed by atoms with Crippen LogP contribution >= 0.6 is 0 Å². The van der Waals surface area contributed by atoms with Crippen LogP contribution in [0.1, 0.15) is 5.56 Å². The van der Waals surface area contributed by atoms with Gasteiger partial charge in [-0.3, -0.25) is 4.98 Å². The van der Waals surface area contributed by atoms with E-state index in [-0.39, 0.29) is 0 Å². The van der Waals surface area contributed by atoms with Gasteiger partial charge in [0.15, 0.2) is 0 Å². The number of pyridine rings is 1. The first-order chi connectivity index (χ1) is 6.29. The molecule has 0 bridgehead atoms. The minimum atomic E-state index is 0.473. The van der Waals surface area contributed by atoms with Crippen molar-refractivity contribution in [1.29, 1.82) is 5.26 Å². The first-order valence-corrected chi connectivity index (χ1v) is 3.78. The third-order valence-corrected chi connectivity index (χ3v) is 1.66. The fraction of sp³-hybridized carbons (Fsp3) is 0.200. The molecule has 0 atom stereocenters. The van der Waals surface area contributed by atoms with Gasteiger partial charge in [-0.25, -0.2) is 0 Å². The zero-order valence-electron chi connectivity index (χ0n) is 7.36. The van der Waals surface area contributed by atoms with Gasteiger partial charge in [-0.1, -0.05) is 5.92 Å². The van der Waals surface area contributed by atoms with Crippen LogP contribution in [0.3, 0.4) is 0 Å². The second-order valence-electron chi connectivity index (χ2n) is 2.56. The highest BCUT2D eigenvalue weighted by Gasteiger charge is 2.04. The quantitative estimate of drug-likeness (QED) is 0.624. The molecule has 0 aromatic carbocycles. The number of rotatable bonds is 2. The van der Waals surface area contributed by atoms with Gasteiger partial charge < -0.3 is 4.90 Å². The van der Waals surface area contributed by atoms with Crippen LogP contribution in [-0.4, -0.2) is 18.6 Å². The first kappa shape index (κ1) is 9.09. The average Bonchev–Trinajstić information content (AvgIpc) is 2.18. The van der Waals surface area contributed by atoms with Crippen molar-refractivity contribution in [3.05, 3.63) is 24.0 Å². The average molecular weight is 171 g/mol. The SMILES string of the molecule is C#CCN(C)c1cnccc1C#N. The fourth-order valence-corrected chi connectivity index (χ4v) is 1.01. The molecule has 0 spiro atoms. The van der Waals surface area contributed by atoms with Gasteiger partial charge in [0.25, 0.3) is 0 Å². The number of nitriles is 1. The number of terminal acetylenes is 1. The van der Waals surface area contributed by atoms with Gasteiger partial charge >= 0.3 is 0 Å². The van der Waals surface area contributed by atoms with E-state index >= 15 is 0 Å². The normalized spacial score (nSPS) is 8.54. The highest BCUT2D eigenvalue weighted by Crippen LogP contribution is 2.15. The summed E-state index contributed by atoms with van der Waals surface area (Å²) in [5.74, 6) is 2.51. The van der Waals surface area contributed by atoms with Crippen molar-refractivity contribution in [2.24, 2.45) is 0 Å². The number of hydrogen-bond donors (Lipinski definition) is 0. The van der Waals surface area contributed by atoms with Crippen molar-refractivity contribution in [3.8, 4) is 18.4 Å². The van der Waals surface area contributed by atoms with Crippen molar-refractivity contribution < 1.29 is 0 Å². The second-order valence-corrected chi connectivity index (χ2v) is 2.56. The van der Waals surface area contributed by atoms with Crippen LogP contribution in [-0.2, 0) is 0 Å². The fourth-order valence-electron chi connectivity index (χ4n) is 1.01. The molecular weight excluding hydrogens is 162 g/mol. The Bertz CT molecular complexity index is 370. The highest BCUT2D eigenvalue weighted by atomic mass is 15.1. The zero-order chi connectivity index (χ0) is 9.68. The van der Waals surface area contributed by atoms with Crippen molar-refractivity contribution >= 4 is 5.69 Å². The minimum Gasteiger partial charge on any atom is -0.361 e. The maximum Gasteiger partial charge on any atom is 0.101 e. The van der Waals surface area contributed by atoms with Crippen LogP contribution in [0.25, 0.3) is 0 Å². The summed E-state index contributed by atoms with van der Waals surface area (Å²) in [6.45, 7) is 0.473. The maximum atomic E-state index is 8.78. The van der Waals surface area contributed by atoms with Crippen molar-refractivity contribution in [2.45, 2.75) is 0 Å². The van der Waals surface area contributed by atoms with Gasteiger partial charge in [-0.15, -0.1) is 6.42 Å². The predicted octanol–water partition coefficient (Wildman–Crippen LogP) is 1.02. The largest absolute Gasteiger partial charge is 0.361 e. The first-order valence-electron chi connectivity index (χ1n) is 3.78. The molecule has 1 aromatic heterocycles. The highest BCUT2D eigenvalue weighted by molar-refractivity contribution is 5.57. The number of aromatic nitrogens is 1. The van der Waals surface area contributed by atoms with E-state index < -0.39 is 0 Å². The molecule has 1 aromatic rings. The summed E-state index contributed by atoms with van der Waals surface area (Å²) < 4.78 is 0. The van der Waals surface area contributed by atoms with Gasteiger partial charge in [0.1, 0.15) is 6.07 Å². The lowest BCUT2D eigenvalue weighted by atomic mass is 10.2. The van der Waals surface area contributed by atoms with E-state index in [4.69, 9.17) is 11.7 Å². The molecule has 0 aliphatic rings. The van der Waals surface area contributed by atoms with Crippen LogP contribution in [0.5, 0.6) is 0 Å². The summed E-state index contributed by atoms with van der Waals surface area (Å²) in [5.41, 5.74) is 1.36. The summed E-state index contributed by atoms with van der Waals surface area (Å²) in [5, 5.41) is 8.78. The molecule has 0 N–H and O–H groups in total. The van der Waals surface area contributed by atoms with Gasteiger partial charge in [-0.05, 0) is 6.07 Å². The number of nitrogens with zero attached hydrogens (tertiary/aromatic N) is 3. The van der Waals surface area contributed by atoms with Crippen molar-refractivity contribution in [2.75, 3.05) is 18.5 Å². The number of anilines is 1. The summed E-state index contributed by atoms with van der Waals surface area (Å²) >= 11 is 0. The summed E-state index contributed by atoms with van der Waals surface area (Å²) in [4.78, 5) is 5.75. The summed E-state index contributed by atoms with van der Waals surface area (Å²) in [7, 11) is 1.83. The molecule has 64 valence electrons. The number of hydrogen-bond acceptors (Lipinski definition) is 3. The molecule has 1 rings (SSSR count). The van der Waals surface area contributed by atoms with E-state index in [1.165, 1.54) is 0 Å². The third-order valence-electron chi connectivity index (χ3n) is 1.66. The van der Waals surface area contributed by atoms with E-state index in [1.54, 1.807) is 18.5 Å². The molecule has 0 saturated carbocycles. The predicted molar refractivity (Wildman–Crippen MR) is 51.1 cm³/mol. The molecule has 0 amide bonds. The maximum absolute atomic E-state index is 8.78. The monoisotopic (exact) mass is 171 g/mol. The molecule has 13 heavy (non-hydrogen) atoms. The molecule has 3 nitrogen and oxygen atoms in total. The molecular formula is C10H9N3. The molecule has 0 saturated heterocycles. The molecule has 0 radical (unpaired) electrons. The molecule has 0 aliphatic carbocycles.